The molecule has 0 spiro atoms. The van der Waals surface area contributed by atoms with Crippen molar-refractivity contribution in [2.45, 2.75) is 6.92 Å². The van der Waals surface area contributed by atoms with Gasteiger partial charge in [0.15, 0.2) is 0 Å². The smallest absolute Gasteiger partial charge is 0.289 e. The first-order chi connectivity index (χ1) is 12.2. The summed E-state index contributed by atoms with van der Waals surface area (Å²) in [4.78, 5) is 12.3. The van der Waals surface area contributed by atoms with E-state index in [0.29, 0.717) is 5.69 Å². The van der Waals surface area contributed by atoms with Crippen LogP contribution in [0.15, 0.2) is 59.7 Å². The van der Waals surface area contributed by atoms with Crippen molar-refractivity contribution in [3.63, 3.8) is 0 Å². The van der Waals surface area contributed by atoms with Crippen molar-refractivity contribution in [3.8, 4) is 17.0 Å². The van der Waals surface area contributed by atoms with Gasteiger partial charge in [-0.15, -0.1) is 0 Å². The number of rotatable bonds is 5. The van der Waals surface area contributed by atoms with E-state index in [-0.39, 0.29) is 5.91 Å². The van der Waals surface area contributed by atoms with E-state index in [1.54, 1.807) is 13.3 Å². The van der Waals surface area contributed by atoms with E-state index in [0.717, 1.165) is 28.1 Å². The Balaban J connectivity index is 1.69. The first-order valence-electron chi connectivity index (χ1n) is 7.77. The van der Waals surface area contributed by atoms with Crippen LogP contribution in [0, 0.1) is 6.92 Å². The summed E-state index contributed by atoms with van der Waals surface area (Å²) in [5.74, 6) is 0.430. The molecule has 1 heterocycles. The molecular formula is C19H18N4O2. The summed E-state index contributed by atoms with van der Waals surface area (Å²) in [5.41, 5.74) is 6.25. The lowest BCUT2D eigenvalue weighted by Crippen LogP contribution is -2.19. The van der Waals surface area contributed by atoms with Crippen LogP contribution < -0.4 is 10.2 Å². The predicted octanol–water partition coefficient (Wildman–Crippen LogP) is 3.16. The van der Waals surface area contributed by atoms with Crippen molar-refractivity contribution in [1.29, 1.82) is 0 Å². The fourth-order valence-electron chi connectivity index (χ4n) is 2.41. The lowest BCUT2D eigenvalue weighted by molar-refractivity contribution is 0.0949. The average molecular weight is 334 g/mol. The topological polar surface area (TPSA) is 79.4 Å². The van der Waals surface area contributed by atoms with Crippen LogP contribution in [0.5, 0.6) is 5.75 Å². The van der Waals surface area contributed by atoms with Gasteiger partial charge in [0, 0.05) is 11.1 Å². The summed E-state index contributed by atoms with van der Waals surface area (Å²) >= 11 is 0. The second-order valence-corrected chi connectivity index (χ2v) is 5.41. The Kier molecular flexibility index (Phi) is 4.89. The molecule has 25 heavy (non-hydrogen) atoms. The molecule has 0 aliphatic rings. The van der Waals surface area contributed by atoms with Crippen LogP contribution in [0.2, 0.25) is 0 Å². The maximum Gasteiger partial charge on any atom is 0.289 e. The van der Waals surface area contributed by atoms with Gasteiger partial charge in [-0.1, -0.05) is 30.3 Å². The molecule has 6 nitrogen and oxygen atoms in total. The molecular weight excluding hydrogens is 316 g/mol. The summed E-state index contributed by atoms with van der Waals surface area (Å²) in [6, 6.07) is 17.1. The highest BCUT2D eigenvalue weighted by atomic mass is 16.5. The van der Waals surface area contributed by atoms with Gasteiger partial charge < -0.3 is 4.74 Å². The van der Waals surface area contributed by atoms with E-state index >= 15 is 0 Å². The minimum atomic E-state index is -0.336. The number of aromatic amines is 1. The summed E-state index contributed by atoms with van der Waals surface area (Å²) in [6.45, 7) is 1.86. The zero-order chi connectivity index (χ0) is 17.6. The molecule has 3 rings (SSSR count). The molecule has 0 aliphatic carbocycles. The van der Waals surface area contributed by atoms with Crippen LogP contribution in [0.4, 0.5) is 0 Å². The van der Waals surface area contributed by atoms with Gasteiger partial charge in [0.2, 0.25) is 0 Å². The lowest BCUT2D eigenvalue weighted by Gasteiger charge is -2.01. The normalized spacial score (nSPS) is 10.8. The number of methoxy groups -OCH3 is 1. The third kappa shape index (κ3) is 3.74. The predicted molar refractivity (Wildman–Crippen MR) is 96.8 cm³/mol. The zero-order valence-corrected chi connectivity index (χ0v) is 14.0. The summed E-state index contributed by atoms with van der Waals surface area (Å²) in [7, 11) is 1.61. The Morgan fingerprint density at radius 2 is 1.88 bits per heavy atom. The number of H-pyrrole nitrogens is 1. The van der Waals surface area contributed by atoms with Crippen molar-refractivity contribution in [2.75, 3.05) is 7.11 Å². The number of hydrogen-bond donors (Lipinski definition) is 2. The molecule has 0 fully saturated rings. The fourth-order valence-corrected chi connectivity index (χ4v) is 2.41. The molecule has 0 bridgehead atoms. The third-order valence-electron chi connectivity index (χ3n) is 3.78. The van der Waals surface area contributed by atoms with Gasteiger partial charge in [-0.2, -0.15) is 10.2 Å². The molecule has 1 aromatic heterocycles. The Bertz CT molecular complexity index is 884. The van der Waals surface area contributed by atoms with Crippen molar-refractivity contribution in [3.05, 3.63) is 71.4 Å². The number of hydrazone groups is 1. The van der Waals surface area contributed by atoms with Crippen LogP contribution in [0.1, 0.15) is 21.6 Å². The SMILES string of the molecule is COc1ccc(/C=N/NC(=O)c2[nH]nc(-c3ccccc3)c2C)cc1. The van der Waals surface area contributed by atoms with Gasteiger partial charge in [0.1, 0.15) is 11.4 Å². The van der Waals surface area contributed by atoms with E-state index < -0.39 is 0 Å². The highest BCUT2D eigenvalue weighted by molar-refractivity contribution is 5.95. The van der Waals surface area contributed by atoms with Crippen LogP contribution in [-0.4, -0.2) is 29.4 Å². The van der Waals surface area contributed by atoms with E-state index in [1.807, 2.05) is 61.5 Å². The van der Waals surface area contributed by atoms with E-state index in [1.165, 1.54) is 0 Å². The Hall–Kier alpha value is -3.41. The number of nitrogens with one attached hydrogen (secondary N) is 2. The summed E-state index contributed by atoms with van der Waals surface area (Å²) in [5, 5.41) is 11.0. The maximum absolute atomic E-state index is 12.3. The number of benzene rings is 2. The van der Waals surface area contributed by atoms with E-state index in [9.17, 15) is 4.79 Å². The van der Waals surface area contributed by atoms with Gasteiger partial charge in [0.25, 0.3) is 5.91 Å². The molecule has 0 aliphatic heterocycles. The maximum atomic E-state index is 12.3. The highest BCUT2D eigenvalue weighted by Gasteiger charge is 2.16. The van der Waals surface area contributed by atoms with Crippen molar-refractivity contribution in [1.82, 2.24) is 15.6 Å². The van der Waals surface area contributed by atoms with Crippen molar-refractivity contribution < 1.29 is 9.53 Å². The lowest BCUT2D eigenvalue weighted by atomic mass is 10.1. The summed E-state index contributed by atoms with van der Waals surface area (Å²) < 4.78 is 5.10. The Morgan fingerprint density at radius 3 is 2.56 bits per heavy atom. The second kappa shape index (κ2) is 7.44. The third-order valence-corrected chi connectivity index (χ3v) is 3.78. The van der Waals surface area contributed by atoms with Gasteiger partial charge in [0.05, 0.1) is 19.0 Å². The first-order valence-corrected chi connectivity index (χ1v) is 7.77. The standard InChI is InChI=1S/C19H18N4O2/c1-13-17(15-6-4-3-5-7-15)21-22-18(13)19(24)23-20-12-14-8-10-16(25-2)11-9-14/h3-12H,1-2H3,(H,21,22)(H,23,24)/b20-12+. The largest absolute Gasteiger partial charge is 0.497 e. The molecule has 1 amide bonds. The first kappa shape index (κ1) is 16.4. The average Bonchev–Trinajstić information content (AvgIpc) is 3.04. The number of hydrogen-bond acceptors (Lipinski definition) is 4. The monoisotopic (exact) mass is 334 g/mol. The highest BCUT2D eigenvalue weighted by Crippen LogP contribution is 2.22. The Labute approximate surface area is 145 Å². The van der Waals surface area contributed by atoms with Crippen LogP contribution >= 0.6 is 0 Å². The second-order valence-electron chi connectivity index (χ2n) is 5.41. The number of carbonyl (C=O) groups is 1. The molecule has 0 unspecified atom stereocenters. The molecule has 126 valence electrons. The van der Waals surface area contributed by atoms with Crippen molar-refractivity contribution >= 4 is 12.1 Å². The molecule has 0 saturated carbocycles. The van der Waals surface area contributed by atoms with Gasteiger partial charge in [-0.3, -0.25) is 9.89 Å². The molecule has 6 heteroatoms. The van der Waals surface area contributed by atoms with Crippen LogP contribution in [-0.2, 0) is 0 Å². The summed E-state index contributed by atoms with van der Waals surface area (Å²) in [6.07, 6.45) is 1.57. The zero-order valence-electron chi connectivity index (χ0n) is 14.0. The van der Waals surface area contributed by atoms with E-state index in [4.69, 9.17) is 4.74 Å². The molecule has 2 aromatic carbocycles. The molecule has 2 N–H and O–H groups in total. The van der Waals surface area contributed by atoms with Gasteiger partial charge in [-0.05, 0) is 36.8 Å². The minimum absolute atomic E-state index is 0.336. The van der Waals surface area contributed by atoms with Crippen molar-refractivity contribution in [2.24, 2.45) is 5.10 Å². The number of ether oxygens (including phenoxy) is 1. The number of carbonyl (C=O) groups excluding carboxylic acids is 1. The van der Waals surface area contributed by atoms with Crippen LogP contribution in [0.3, 0.4) is 0 Å². The molecule has 0 radical (unpaired) electrons. The van der Waals surface area contributed by atoms with Gasteiger partial charge in [-0.25, -0.2) is 5.43 Å². The van der Waals surface area contributed by atoms with E-state index in [2.05, 4.69) is 20.7 Å². The van der Waals surface area contributed by atoms with Gasteiger partial charge >= 0.3 is 0 Å². The quantitative estimate of drug-likeness (QED) is 0.556. The number of nitrogens with zero attached hydrogens (tertiary/aromatic N) is 2. The number of amides is 1. The molecule has 3 aromatic rings. The van der Waals surface area contributed by atoms with Crippen LogP contribution in [0.25, 0.3) is 11.3 Å². The Morgan fingerprint density at radius 1 is 1.16 bits per heavy atom. The minimum Gasteiger partial charge on any atom is -0.497 e. The molecule has 0 saturated heterocycles. The molecule has 0 atom stereocenters. The fraction of sp³-hybridized carbons (Fsp3) is 0.105. The number of aromatic nitrogens is 2.